The van der Waals surface area contributed by atoms with E-state index in [4.69, 9.17) is 38.8 Å². The van der Waals surface area contributed by atoms with Gasteiger partial charge in [-0.2, -0.15) is 0 Å². The summed E-state index contributed by atoms with van der Waals surface area (Å²) >= 11 is 11.8. The smallest absolute Gasteiger partial charge is 0.340 e. The molecule has 110 valence electrons. The van der Waals surface area contributed by atoms with Crippen LogP contribution in [0.5, 0.6) is 0 Å². The summed E-state index contributed by atoms with van der Waals surface area (Å²) in [5.74, 6) is -0.597. The molecule has 4 nitrogen and oxygen atoms in total. The highest BCUT2D eigenvalue weighted by molar-refractivity contribution is 6.44. The Hall–Kier alpha value is -1.75. The van der Waals surface area contributed by atoms with Crippen molar-refractivity contribution in [2.45, 2.75) is 13.2 Å². The summed E-state index contributed by atoms with van der Waals surface area (Å²) in [6, 6.07) is 9.94. The number of rotatable bonds is 4. The van der Waals surface area contributed by atoms with Gasteiger partial charge in [0.1, 0.15) is 6.61 Å². The monoisotopic (exact) mass is 325 g/mol. The number of aliphatic hydroxyl groups excluding tert-OH is 1. The molecule has 0 spiro atoms. The summed E-state index contributed by atoms with van der Waals surface area (Å²) < 4.78 is 5.18. The van der Waals surface area contributed by atoms with Crippen LogP contribution in [-0.2, 0) is 18.0 Å². The number of benzene rings is 2. The first kappa shape index (κ1) is 15.6. The van der Waals surface area contributed by atoms with E-state index >= 15 is 0 Å². The summed E-state index contributed by atoms with van der Waals surface area (Å²) in [5.41, 5.74) is 7.69. The lowest BCUT2D eigenvalue weighted by molar-refractivity contribution is 0.0473. The molecule has 0 radical (unpaired) electrons. The maximum atomic E-state index is 12.0. The first-order valence-corrected chi connectivity index (χ1v) is 6.87. The Kier molecular flexibility index (Phi) is 5.07. The lowest BCUT2D eigenvalue weighted by atomic mass is 10.1. The van der Waals surface area contributed by atoms with E-state index in [9.17, 15) is 4.79 Å². The number of carbonyl (C=O) groups is 1. The van der Waals surface area contributed by atoms with Gasteiger partial charge in [-0.3, -0.25) is 0 Å². The average molecular weight is 326 g/mol. The molecule has 21 heavy (non-hydrogen) atoms. The van der Waals surface area contributed by atoms with Gasteiger partial charge in [-0.1, -0.05) is 47.5 Å². The Morgan fingerprint density at radius 2 is 1.76 bits per heavy atom. The Labute approximate surface area is 132 Å². The van der Waals surface area contributed by atoms with Gasteiger partial charge in [0.05, 0.1) is 22.2 Å². The first-order valence-electron chi connectivity index (χ1n) is 6.11. The zero-order valence-corrected chi connectivity index (χ0v) is 12.5. The van der Waals surface area contributed by atoms with E-state index in [2.05, 4.69) is 0 Å². The van der Waals surface area contributed by atoms with Gasteiger partial charge in [0.25, 0.3) is 0 Å². The summed E-state index contributed by atoms with van der Waals surface area (Å²) in [6.07, 6.45) is 0. The third kappa shape index (κ3) is 3.88. The minimum Gasteiger partial charge on any atom is -0.457 e. The molecule has 0 unspecified atom stereocenters. The molecule has 0 aliphatic carbocycles. The van der Waals surface area contributed by atoms with E-state index < -0.39 is 5.97 Å². The van der Waals surface area contributed by atoms with Crippen LogP contribution >= 0.6 is 23.2 Å². The fourth-order valence-electron chi connectivity index (χ4n) is 1.73. The second-order valence-corrected chi connectivity index (χ2v) is 5.20. The molecule has 0 aliphatic rings. The van der Waals surface area contributed by atoms with Crippen molar-refractivity contribution in [3.63, 3.8) is 0 Å². The molecular formula is C15H13Cl2NO3. The van der Waals surface area contributed by atoms with Crippen molar-refractivity contribution in [2.75, 3.05) is 5.73 Å². The van der Waals surface area contributed by atoms with Gasteiger partial charge in [-0.25, -0.2) is 4.79 Å². The summed E-state index contributed by atoms with van der Waals surface area (Å²) in [7, 11) is 0. The predicted octanol–water partition coefficient (Wildman–Crippen LogP) is 3.42. The molecule has 2 aromatic carbocycles. The van der Waals surface area contributed by atoms with E-state index in [1.807, 2.05) is 0 Å². The van der Waals surface area contributed by atoms with Gasteiger partial charge in [0, 0.05) is 5.69 Å². The second-order valence-electron chi connectivity index (χ2n) is 4.42. The Bertz CT molecular complexity index is 657. The molecule has 2 rings (SSSR count). The van der Waals surface area contributed by atoms with Gasteiger partial charge in [-0.15, -0.1) is 0 Å². The van der Waals surface area contributed by atoms with Crippen molar-refractivity contribution in [3.05, 3.63) is 63.1 Å². The Morgan fingerprint density at radius 3 is 2.38 bits per heavy atom. The molecule has 0 amide bonds. The molecule has 0 bridgehead atoms. The quantitative estimate of drug-likeness (QED) is 0.667. The van der Waals surface area contributed by atoms with E-state index in [1.165, 1.54) is 12.1 Å². The molecule has 2 aromatic rings. The largest absolute Gasteiger partial charge is 0.457 e. The van der Waals surface area contributed by atoms with Crippen LogP contribution in [0, 0.1) is 0 Å². The SMILES string of the molecule is Nc1cc(Cl)c(Cl)c(C(=O)OCc2ccc(CO)cc2)c1. The van der Waals surface area contributed by atoms with Gasteiger partial charge < -0.3 is 15.6 Å². The first-order chi connectivity index (χ1) is 10.0. The third-order valence-electron chi connectivity index (χ3n) is 2.85. The van der Waals surface area contributed by atoms with E-state index in [-0.39, 0.29) is 28.8 Å². The highest BCUT2D eigenvalue weighted by atomic mass is 35.5. The standard InChI is InChI=1S/C15H13Cl2NO3/c16-13-6-11(18)5-12(14(13)17)15(20)21-8-10-3-1-9(7-19)2-4-10/h1-6,19H,7-8,18H2. The topological polar surface area (TPSA) is 72.6 Å². The second kappa shape index (κ2) is 6.80. The number of anilines is 1. The van der Waals surface area contributed by atoms with Crippen molar-refractivity contribution in [2.24, 2.45) is 0 Å². The van der Waals surface area contributed by atoms with Crippen molar-refractivity contribution in [1.82, 2.24) is 0 Å². The van der Waals surface area contributed by atoms with Crippen molar-refractivity contribution >= 4 is 34.9 Å². The lowest BCUT2D eigenvalue weighted by Gasteiger charge is -2.08. The van der Waals surface area contributed by atoms with Crippen LogP contribution in [0.2, 0.25) is 10.0 Å². The van der Waals surface area contributed by atoms with Crippen molar-refractivity contribution in [3.8, 4) is 0 Å². The summed E-state index contributed by atoms with van der Waals surface area (Å²) in [6.45, 7) is 0.0603. The maximum Gasteiger partial charge on any atom is 0.340 e. The van der Waals surface area contributed by atoms with Gasteiger partial charge in [0.15, 0.2) is 0 Å². The van der Waals surface area contributed by atoms with Gasteiger partial charge >= 0.3 is 5.97 Å². The number of hydrogen-bond donors (Lipinski definition) is 2. The minimum atomic E-state index is -0.597. The van der Waals surface area contributed by atoms with Crippen LogP contribution in [0.15, 0.2) is 36.4 Å². The zero-order valence-electron chi connectivity index (χ0n) is 11.0. The number of nitrogens with two attached hydrogens (primary N) is 1. The molecule has 6 heteroatoms. The van der Waals surface area contributed by atoms with Crippen LogP contribution in [0.3, 0.4) is 0 Å². The maximum absolute atomic E-state index is 12.0. The van der Waals surface area contributed by atoms with Gasteiger partial charge in [0.2, 0.25) is 0 Å². The number of esters is 1. The van der Waals surface area contributed by atoms with E-state index in [0.717, 1.165) is 11.1 Å². The number of hydrogen-bond acceptors (Lipinski definition) is 4. The fourth-order valence-corrected chi connectivity index (χ4v) is 2.14. The number of aliphatic hydroxyl groups is 1. The summed E-state index contributed by atoms with van der Waals surface area (Å²) in [5, 5.41) is 9.28. The predicted molar refractivity (Wildman–Crippen MR) is 82.4 cm³/mol. The fraction of sp³-hybridized carbons (Fsp3) is 0.133. The lowest BCUT2D eigenvalue weighted by Crippen LogP contribution is -2.07. The van der Waals surface area contributed by atoms with Gasteiger partial charge in [-0.05, 0) is 23.3 Å². The molecular weight excluding hydrogens is 313 g/mol. The Balaban J connectivity index is 2.08. The average Bonchev–Trinajstić information content (AvgIpc) is 2.49. The van der Waals surface area contributed by atoms with Crippen LogP contribution in [0.1, 0.15) is 21.5 Å². The number of ether oxygens (including phenoxy) is 1. The van der Waals surface area contributed by atoms with Crippen LogP contribution < -0.4 is 5.73 Å². The number of halogens is 2. The summed E-state index contributed by atoms with van der Waals surface area (Å²) in [4.78, 5) is 12.0. The Morgan fingerprint density at radius 1 is 1.14 bits per heavy atom. The minimum absolute atomic E-state index is 0.0303. The molecule has 0 aliphatic heterocycles. The van der Waals surface area contributed by atoms with E-state index in [1.54, 1.807) is 24.3 Å². The highest BCUT2D eigenvalue weighted by Gasteiger charge is 2.15. The number of nitrogen functional groups attached to an aromatic ring is 1. The van der Waals surface area contributed by atoms with E-state index in [0.29, 0.717) is 5.69 Å². The molecule has 0 atom stereocenters. The van der Waals surface area contributed by atoms with Crippen LogP contribution in [-0.4, -0.2) is 11.1 Å². The zero-order chi connectivity index (χ0) is 15.4. The molecule has 0 fully saturated rings. The van der Waals surface area contributed by atoms with Crippen molar-refractivity contribution < 1.29 is 14.6 Å². The highest BCUT2D eigenvalue weighted by Crippen LogP contribution is 2.29. The molecule has 0 aromatic heterocycles. The third-order valence-corrected chi connectivity index (χ3v) is 3.65. The van der Waals surface area contributed by atoms with Crippen molar-refractivity contribution in [1.29, 1.82) is 0 Å². The van der Waals surface area contributed by atoms with Crippen LogP contribution in [0.4, 0.5) is 5.69 Å². The molecule has 3 N–H and O–H groups in total. The number of carbonyl (C=O) groups excluding carboxylic acids is 1. The molecule has 0 saturated heterocycles. The normalized spacial score (nSPS) is 10.4. The molecule has 0 saturated carbocycles. The molecule has 0 heterocycles. The van der Waals surface area contributed by atoms with Crippen LogP contribution in [0.25, 0.3) is 0 Å².